The third-order valence-corrected chi connectivity index (χ3v) is 2.98. The number of nitrogens with one attached hydrogen (secondary N) is 1. The summed E-state index contributed by atoms with van der Waals surface area (Å²) >= 11 is 3.38. The van der Waals surface area contributed by atoms with Crippen LogP contribution in [0.5, 0.6) is 0 Å². The van der Waals surface area contributed by atoms with Crippen molar-refractivity contribution in [3.8, 4) is 0 Å². The van der Waals surface area contributed by atoms with Crippen molar-refractivity contribution in [1.29, 1.82) is 0 Å². The van der Waals surface area contributed by atoms with E-state index < -0.39 is 0 Å². The Kier molecular flexibility index (Phi) is 4.08. The first-order chi connectivity index (χ1) is 6.57. The van der Waals surface area contributed by atoms with Gasteiger partial charge in [-0.2, -0.15) is 0 Å². The van der Waals surface area contributed by atoms with Gasteiger partial charge >= 0.3 is 0 Å². The molecule has 0 fully saturated rings. The molecule has 0 bridgehead atoms. The maximum atomic E-state index is 13.6. The first-order valence-corrected chi connectivity index (χ1v) is 5.48. The lowest BCUT2D eigenvalue weighted by Crippen LogP contribution is -2.23. The maximum absolute atomic E-state index is 13.6. The van der Waals surface area contributed by atoms with Crippen molar-refractivity contribution in [3.05, 3.63) is 34.1 Å². The molecule has 1 atom stereocenters. The molecular weight excluding hydrogens is 245 g/mol. The molecule has 0 aliphatic carbocycles. The lowest BCUT2D eigenvalue weighted by Gasteiger charge is -2.22. The Balaban J connectivity index is 3.15. The fourth-order valence-corrected chi connectivity index (χ4v) is 2.21. The molecule has 0 saturated carbocycles. The molecule has 0 spiro atoms. The van der Waals surface area contributed by atoms with E-state index in [-0.39, 0.29) is 11.9 Å². The van der Waals surface area contributed by atoms with Crippen molar-refractivity contribution in [1.82, 2.24) is 5.32 Å². The van der Waals surface area contributed by atoms with E-state index in [1.54, 1.807) is 6.07 Å². The van der Waals surface area contributed by atoms with Crippen LogP contribution in [0.1, 0.15) is 25.5 Å². The zero-order valence-electron chi connectivity index (χ0n) is 8.64. The minimum absolute atomic E-state index is 0.0468. The molecule has 78 valence electrons. The molecule has 1 aromatic rings. The average Bonchev–Trinajstić information content (AvgIpc) is 2.10. The quantitative estimate of drug-likeness (QED) is 0.877. The summed E-state index contributed by atoms with van der Waals surface area (Å²) in [7, 11) is 1.85. The van der Waals surface area contributed by atoms with Crippen LogP contribution in [0, 0.1) is 11.7 Å². The predicted molar refractivity (Wildman–Crippen MR) is 60.7 cm³/mol. The van der Waals surface area contributed by atoms with Crippen LogP contribution in [-0.2, 0) is 0 Å². The molecule has 0 amide bonds. The van der Waals surface area contributed by atoms with Crippen molar-refractivity contribution in [3.63, 3.8) is 0 Å². The summed E-state index contributed by atoms with van der Waals surface area (Å²) in [6.07, 6.45) is 0. The van der Waals surface area contributed by atoms with Gasteiger partial charge in [-0.05, 0) is 25.1 Å². The summed E-state index contributed by atoms with van der Waals surface area (Å²) in [5, 5.41) is 3.13. The summed E-state index contributed by atoms with van der Waals surface area (Å²) in [5.74, 6) is 0.195. The normalized spacial score (nSPS) is 13.3. The minimum Gasteiger partial charge on any atom is -0.313 e. The van der Waals surface area contributed by atoms with E-state index in [9.17, 15) is 4.39 Å². The highest BCUT2D eigenvalue weighted by atomic mass is 79.9. The summed E-state index contributed by atoms with van der Waals surface area (Å²) in [6.45, 7) is 4.14. The second kappa shape index (κ2) is 4.89. The van der Waals surface area contributed by atoms with Gasteiger partial charge in [0.2, 0.25) is 0 Å². The topological polar surface area (TPSA) is 12.0 Å². The highest BCUT2D eigenvalue weighted by molar-refractivity contribution is 9.10. The van der Waals surface area contributed by atoms with Gasteiger partial charge in [0.15, 0.2) is 0 Å². The van der Waals surface area contributed by atoms with Gasteiger partial charge in [0, 0.05) is 16.1 Å². The third-order valence-electron chi connectivity index (χ3n) is 2.29. The molecule has 14 heavy (non-hydrogen) atoms. The molecule has 0 radical (unpaired) electrons. The van der Waals surface area contributed by atoms with Crippen LogP contribution in [0.3, 0.4) is 0 Å². The van der Waals surface area contributed by atoms with Gasteiger partial charge in [-0.25, -0.2) is 4.39 Å². The lowest BCUT2D eigenvalue weighted by atomic mass is 9.96. The molecule has 1 unspecified atom stereocenters. The van der Waals surface area contributed by atoms with Crippen LogP contribution in [0.2, 0.25) is 0 Å². The van der Waals surface area contributed by atoms with E-state index in [1.807, 2.05) is 13.1 Å². The summed E-state index contributed by atoms with van der Waals surface area (Å²) in [6, 6.07) is 5.11. The van der Waals surface area contributed by atoms with Crippen molar-refractivity contribution in [2.45, 2.75) is 19.9 Å². The molecule has 0 saturated heterocycles. The number of hydrogen-bond donors (Lipinski definition) is 1. The SMILES string of the molecule is CNC(c1c(F)cccc1Br)C(C)C. The number of halogens is 2. The molecule has 1 N–H and O–H groups in total. The van der Waals surface area contributed by atoms with Crippen LogP contribution >= 0.6 is 15.9 Å². The van der Waals surface area contributed by atoms with Crippen molar-refractivity contribution in [2.75, 3.05) is 7.05 Å². The van der Waals surface area contributed by atoms with Crippen LogP contribution in [0.25, 0.3) is 0 Å². The molecule has 0 aromatic heterocycles. The van der Waals surface area contributed by atoms with Gasteiger partial charge in [0.25, 0.3) is 0 Å². The van der Waals surface area contributed by atoms with Gasteiger partial charge in [0.05, 0.1) is 0 Å². The van der Waals surface area contributed by atoms with E-state index in [4.69, 9.17) is 0 Å². The standard InChI is InChI=1S/C11H15BrFN/c1-7(2)11(14-3)10-8(12)5-4-6-9(10)13/h4-7,11,14H,1-3H3. The zero-order valence-corrected chi connectivity index (χ0v) is 10.2. The third kappa shape index (κ3) is 2.34. The van der Waals surface area contributed by atoms with E-state index in [0.29, 0.717) is 11.5 Å². The van der Waals surface area contributed by atoms with Gasteiger partial charge in [-0.1, -0.05) is 35.8 Å². The Morgan fingerprint density at radius 2 is 2.00 bits per heavy atom. The van der Waals surface area contributed by atoms with Crippen molar-refractivity contribution >= 4 is 15.9 Å². The molecule has 3 heteroatoms. The Morgan fingerprint density at radius 1 is 1.36 bits per heavy atom. The van der Waals surface area contributed by atoms with Crippen LogP contribution in [-0.4, -0.2) is 7.05 Å². The van der Waals surface area contributed by atoms with E-state index in [0.717, 1.165) is 4.47 Å². The minimum atomic E-state index is -0.160. The zero-order chi connectivity index (χ0) is 10.7. The molecule has 1 aromatic carbocycles. The molecular formula is C11H15BrFN. The van der Waals surface area contributed by atoms with E-state index in [1.165, 1.54) is 6.07 Å². The van der Waals surface area contributed by atoms with Crippen LogP contribution < -0.4 is 5.32 Å². The molecule has 0 heterocycles. The van der Waals surface area contributed by atoms with Gasteiger partial charge < -0.3 is 5.32 Å². The fourth-order valence-electron chi connectivity index (χ4n) is 1.62. The summed E-state index contributed by atoms with van der Waals surface area (Å²) in [5.41, 5.74) is 0.713. The molecule has 1 rings (SSSR count). The van der Waals surface area contributed by atoms with Crippen LogP contribution in [0.4, 0.5) is 4.39 Å². The Bertz CT molecular complexity index is 292. The smallest absolute Gasteiger partial charge is 0.129 e. The lowest BCUT2D eigenvalue weighted by molar-refractivity contribution is 0.423. The van der Waals surface area contributed by atoms with Crippen LogP contribution in [0.15, 0.2) is 22.7 Å². The number of hydrogen-bond acceptors (Lipinski definition) is 1. The fraction of sp³-hybridized carbons (Fsp3) is 0.455. The second-order valence-corrected chi connectivity index (χ2v) is 4.50. The predicted octanol–water partition coefficient (Wildman–Crippen LogP) is 3.50. The number of benzene rings is 1. The number of rotatable bonds is 3. The van der Waals surface area contributed by atoms with E-state index >= 15 is 0 Å². The largest absolute Gasteiger partial charge is 0.313 e. The van der Waals surface area contributed by atoms with Crippen molar-refractivity contribution in [2.24, 2.45) is 5.92 Å². The van der Waals surface area contributed by atoms with Crippen molar-refractivity contribution < 1.29 is 4.39 Å². The monoisotopic (exact) mass is 259 g/mol. The molecule has 0 aliphatic heterocycles. The van der Waals surface area contributed by atoms with Gasteiger partial charge in [-0.3, -0.25) is 0 Å². The van der Waals surface area contributed by atoms with Gasteiger partial charge in [0.1, 0.15) is 5.82 Å². The average molecular weight is 260 g/mol. The highest BCUT2D eigenvalue weighted by Crippen LogP contribution is 2.30. The highest BCUT2D eigenvalue weighted by Gasteiger charge is 2.19. The summed E-state index contributed by atoms with van der Waals surface area (Å²) in [4.78, 5) is 0. The Labute approximate surface area is 92.8 Å². The first-order valence-electron chi connectivity index (χ1n) is 4.69. The maximum Gasteiger partial charge on any atom is 0.129 e. The van der Waals surface area contributed by atoms with E-state index in [2.05, 4.69) is 35.1 Å². The molecule has 1 nitrogen and oxygen atoms in total. The Morgan fingerprint density at radius 3 is 2.43 bits per heavy atom. The van der Waals surface area contributed by atoms with Gasteiger partial charge in [-0.15, -0.1) is 0 Å². The summed E-state index contributed by atoms with van der Waals surface area (Å²) < 4.78 is 14.4. The Hall–Kier alpha value is -0.410. The second-order valence-electron chi connectivity index (χ2n) is 3.65. The molecule has 0 aliphatic rings. The first kappa shape index (κ1) is 11.7.